The largest absolute Gasteiger partial charge is 0.297 e. The average molecular weight is 745 g/mol. The molecule has 4 heterocycles. The standard InChI is InChI=1S/C46H32O2S4/c1-25-5-13-29(14-6-25)45(30-15-7-26(2)8-16-30)35-21-33(23-47)49-39(35)41-37(45)43-44(51-41)38-42(52-43)40-36(22-34(24-48)50-40)46(38,31-17-9-27(3)10-18-31)32-19-11-28(4)12-20-32/h5-24H,1-4H3. The Hall–Kier alpha value is -4.72. The van der Waals surface area contributed by atoms with Crippen LogP contribution in [0.25, 0.3) is 28.9 Å². The predicted octanol–water partition coefficient (Wildman–Crippen LogP) is 12.7. The van der Waals surface area contributed by atoms with Crippen LogP contribution in [0.5, 0.6) is 0 Å². The molecular formula is C46H32O2S4. The molecule has 252 valence electrons. The van der Waals surface area contributed by atoms with Crippen LogP contribution in [0.4, 0.5) is 0 Å². The molecule has 0 fully saturated rings. The number of hydrogen-bond donors (Lipinski definition) is 0. The van der Waals surface area contributed by atoms with E-state index in [1.807, 2.05) is 22.7 Å². The number of fused-ring (bicyclic) bond motifs is 9. The van der Waals surface area contributed by atoms with E-state index in [2.05, 4.69) is 137 Å². The SMILES string of the molecule is Cc1ccc(C2(c3ccc(C)cc3)c3cc(C=O)sc3-c3sc4c5c(sc4c32)-c2sc(C=O)cc2C5(c2ccc(C)cc2)c2ccc(C)cc2)cc1. The second-order valence-corrected chi connectivity index (χ2v) is 18.5. The predicted molar refractivity (Wildman–Crippen MR) is 220 cm³/mol. The fourth-order valence-electron chi connectivity index (χ4n) is 8.78. The van der Waals surface area contributed by atoms with Crippen molar-refractivity contribution in [3.8, 4) is 19.5 Å². The molecule has 0 N–H and O–H groups in total. The minimum absolute atomic E-state index is 0.608. The number of aldehydes is 2. The Kier molecular flexibility index (Phi) is 7.00. The molecule has 10 rings (SSSR count). The number of thiophene rings is 4. The van der Waals surface area contributed by atoms with Gasteiger partial charge in [0.2, 0.25) is 0 Å². The first kappa shape index (κ1) is 32.0. The molecule has 0 radical (unpaired) electrons. The molecule has 0 saturated carbocycles. The molecule has 2 aliphatic rings. The van der Waals surface area contributed by atoms with Gasteiger partial charge in [-0.05, 0) is 73.2 Å². The van der Waals surface area contributed by atoms with Crippen LogP contribution in [0, 0.1) is 27.7 Å². The maximum Gasteiger partial charge on any atom is 0.160 e. The Labute approximate surface area is 318 Å². The summed E-state index contributed by atoms with van der Waals surface area (Å²) in [6, 6.07) is 40.3. The molecule has 0 aliphatic heterocycles. The number of hydrogen-bond acceptors (Lipinski definition) is 6. The van der Waals surface area contributed by atoms with E-state index in [0.717, 1.165) is 22.3 Å². The number of carbonyl (C=O) groups is 2. The number of carbonyl (C=O) groups excluding carboxylic acids is 2. The lowest BCUT2D eigenvalue weighted by atomic mass is 9.67. The van der Waals surface area contributed by atoms with Crippen molar-refractivity contribution in [2.24, 2.45) is 0 Å². The molecule has 0 spiro atoms. The summed E-state index contributed by atoms with van der Waals surface area (Å²) in [6.07, 6.45) is 2.02. The van der Waals surface area contributed by atoms with E-state index in [1.54, 1.807) is 22.7 Å². The van der Waals surface area contributed by atoms with Crippen LogP contribution < -0.4 is 0 Å². The molecule has 8 aromatic rings. The van der Waals surface area contributed by atoms with Gasteiger partial charge in [-0.15, -0.1) is 45.3 Å². The number of rotatable bonds is 6. The van der Waals surface area contributed by atoms with E-state index in [9.17, 15) is 9.59 Å². The maximum absolute atomic E-state index is 12.5. The Morgan fingerprint density at radius 1 is 0.404 bits per heavy atom. The van der Waals surface area contributed by atoms with Crippen LogP contribution >= 0.6 is 45.3 Å². The van der Waals surface area contributed by atoms with Crippen LogP contribution in [0.2, 0.25) is 0 Å². The van der Waals surface area contributed by atoms with Gasteiger partial charge in [-0.25, -0.2) is 0 Å². The van der Waals surface area contributed by atoms with Crippen molar-refractivity contribution in [3.63, 3.8) is 0 Å². The summed E-state index contributed by atoms with van der Waals surface area (Å²) in [4.78, 5) is 31.3. The van der Waals surface area contributed by atoms with Gasteiger partial charge in [-0.2, -0.15) is 0 Å². The van der Waals surface area contributed by atoms with Crippen LogP contribution in [-0.4, -0.2) is 12.6 Å². The molecule has 0 atom stereocenters. The molecule has 0 amide bonds. The Morgan fingerprint density at radius 3 is 0.962 bits per heavy atom. The minimum atomic E-state index is -0.608. The van der Waals surface area contributed by atoms with Gasteiger partial charge in [-0.1, -0.05) is 119 Å². The Bertz CT molecular complexity index is 2450. The molecule has 2 nitrogen and oxygen atoms in total. The second kappa shape index (κ2) is 11.4. The summed E-state index contributed by atoms with van der Waals surface area (Å²) in [5.41, 5.74) is 13.4. The highest BCUT2D eigenvalue weighted by Gasteiger charge is 2.55. The van der Waals surface area contributed by atoms with Gasteiger partial charge >= 0.3 is 0 Å². The fourth-order valence-corrected chi connectivity index (χ4v) is 14.2. The first-order valence-electron chi connectivity index (χ1n) is 17.4. The third-order valence-corrected chi connectivity index (χ3v) is 16.2. The molecule has 52 heavy (non-hydrogen) atoms. The number of aryl methyl sites for hydroxylation is 4. The lowest BCUT2D eigenvalue weighted by Crippen LogP contribution is -2.29. The van der Waals surface area contributed by atoms with Gasteiger partial charge in [0.15, 0.2) is 12.6 Å². The Morgan fingerprint density at radius 2 is 0.692 bits per heavy atom. The quantitative estimate of drug-likeness (QED) is 0.159. The molecule has 4 aromatic carbocycles. The van der Waals surface area contributed by atoms with Crippen molar-refractivity contribution in [2.45, 2.75) is 38.5 Å². The zero-order chi connectivity index (χ0) is 35.5. The highest BCUT2D eigenvalue weighted by atomic mass is 32.1. The Balaban J connectivity index is 1.39. The van der Waals surface area contributed by atoms with Crippen LogP contribution in [0.1, 0.15) is 86.1 Å². The fraction of sp³-hybridized carbons (Fsp3) is 0.130. The van der Waals surface area contributed by atoms with Gasteiger partial charge in [0.1, 0.15) is 0 Å². The summed E-state index contributed by atoms with van der Waals surface area (Å²) >= 11 is 7.00. The summed E-state index contributed by atoms with van der Waals surface area (Å²) in [6.45, 7) is 8.55. The zero-order valence-corrected chi connectivity index (χ0v) is 32.3. The van der Waals surface area contributed by atoms with Crippen molar-refractivity contribution in [3.05, 3.63) is 186 Å². The highest BCUT2D eigenvalue weighted by molar-refractivity contribution is 7.34. The van der Waals surface area contributed by atoms with E-state index >= 15 is 0 Å². The van der Waals surface area contributed by atoms with Gasteiger partial charge in [0, 0.05) is 11.1 Å². The molecule has 6 heteroatoms. The summed E-state index contributed by atoms with van der Waals surface area (Å²) in [5, 5.41) is 0. The van der Waals surface area contributed by atoms with E-state index in [-0.39, 0.29) is 0 Å². The van der Waals surface area contributed by atoms with Crippen molar-refractivity contribution < 1.29 is 9.59 Å². The van der Waals surface area contributed by atoms with Gasteiger partial charge in [-0.3, -0.25) is 9.59 Å². The van der Waals surface area contributed by atoms with Crippen molar-refractivity contribution in [2.75, 3.05) is 0 Å². The van der Waals surface area contributed by atoms with Crippen molar-refractivity contribution >= 4 is 67.3 Å². The molecule has 4 aromatic heterocycles. The summed E-state index contributed by atoms with van der Waals surface area (Å²) in [7, 11) is 0. The second-order valence-electron chi connectivity index (χ2n) is 14.3. The molecule has 0 bridgehead atoms. The van der Waals surface area contributed by atoms with E-state index in [1.165, 1.54) is 95.7 Å². The maximum atomic E-state index is 12.5. The minimum Gasteiger partial charge on any atom is -0.297 e. The lowest BCUT2D eigenvalue weighted by molar-refractivity contribution is 0.111. The first-order valence-corrected chi connectivity index (χ1v) is 20.6. The van der Waals surface area contributed by atoms with Gasteiger partial charge in [0.25, 0.3) is 0 Å². The lowest BCUT2D eigenvalue weighted by Gasteiger charge is -2.33. The van der Waals surface area contributed by atoms with Crippen LogP contribution in [0.3, 0.4) is 0 Å². The average Bonchev–Trinajstić information content (AvgIpc) is 3.98. The third kappa shape index (κ3) is 4.09. The summed E-state index contributed by atoms with van der Waals surface area (Å²) < 4.78 is 2.58. The monoisotopic (exact) mass is 744 g/mol. The zero-order valence-electron chi connectivity index (χ0n) is 29.0. The normalized spacial score (nSPS) is 14.6. The topological polar surface area (TPSA) is 34.1 Å². The first-order chi connectivity index (χ1) is 25.3. The van der Waals surface area contributed by atoms with Gasteiger partial charge in [0.05, 0.1) is 49.5 Å². The van der Waals surface area contributed by atoms with E-state index in [4.69, 9.17) is 0 Å². The summed E-state index contributed by atoms with van der Waals surface area (Å²) in [5.74, 6) is 0. The smallest absolute Gasteiger partial charge is 0.160 e. The molecule has 2 aliphatic carbocycles. The van der Waals surface area contributed by atoms with Gasteiger partial charge < -0.3 is 0 Å². The molecular weight excluding hydrogens is 713 g/mol. The third-order valence-electron chi connectivity index (χ3n) is 11.2. The number of benzene rings is 4. The van der Waals surface area contributed by atoms with E-state index in [0.29, 0.717) is 0 Å². The van der Waals surface area contributed by atoms with Crippen molar-refractivity contribution in [1.29, 1.82) is 0 Å². The van der Waals surface area contributed by atoms with Crippen LogP contribution in [0.15, 0.2) is 109 Å². The van der Waals surface area contributed by atoms with Crippen LogP contribution in [-0.2, 0) is 10.8 Å². The van der Waals surface area contributed by atoms with Crippen molar-refractivity contribution in [1.82, 2.24) is 0 Å². The molecule has 0 saturated heterocycles. The van der Waals surface area contributed by atoms with E-state index < -0.39 is 10.8 Å². The highest BCUT2D eigenvalue weighted by Crippen LogP contribution is 2.69. The molecule has 0 unspecified atom stereocenters.